The molecule has 0 bridgehead atoms. The fourth-order valence-electron chi connectivity index (χ4n) is 2.56. The van der Waals surface area contributed by atoms with Gasteiger partial charge in [-0.1, -0.05) is 6.42 Å². The third kappa shape index (κ3) is 4.75. The Hall–Kier alpha value is -2.08. The molecule has 21 heavy (non-hydrogen) atoms. The fraction of sp³-hybridized carbons (Fsp3) is 0.467. The summed E-state index contributed by atoms with van der Waals surface area (Å²) in [7, 11) is 0. The Morgan fingerprint density at radius 2 is 1.95 bits per heavy atom. The van der Waals surface area contributed by atoms with E-state index in [2.05, 4.69) is 5.32 Å². The van der Waals surface area contributed by atoms with E-state index in [1.165, 1.54) is 0 Å². The van der Waals surface area contributed by atoms with Crippen molar-refractivity contribution in [1.29, 1.82) is 0 Å². The van der Waals surface area contributed by atoms with Gasteiger partial charge in [0.2, 0.25) is 5.91 Å². The smallest absolute Gasteiger partial charge is 0.255 e. The van der Waals surface area contributed by atoms with Gasteiger partial charge in [-0.25, -0.2) is 0 Å². The maximum atomic E-state index is 12.0. The first-order valence-corrected chi connectivity index (χ1v) is 7.11. The van der Waals surface area contributed by atoms with Crippen molar-refractivity contribution in [2.24, 2.45) is 17.4 Å². The zero-order valence-corrected chi connectivity index (χ0v) is 11.9. The van der Waals surface area contributed by atoms with Crippen molar-refractivity contribution >= 4 is 17.5 Å². The van der Waals surface area contributed by atoms with Gasteiger partial charge in [-0.2, -0.15) is 0 Å². The fourth-order valence-corrected chi connectivity index (χ4v) is 2.56. The highest BCUT2D eigenvalue weighted by Gasteiger charge is 2.25. The van der Waals surface area contributed by atoms with Crippen LogP contribution in [0.25, 0.3) is 0 Å². The van der Waals surface area contributed by atoms with Gasteiger partial charge in [0.15, 0.2) is 6.61 Å². The minimum absolute atomic E-state index is 0.0249. The molecule has 0 aliphatic heterocycles. The molecule has 114 valence electrons. The lowest BCUT2D eigenvalue weighted by molar-refractivity contribution is -0.120. The first-order valence-electron chi connectivity index (χ1n) is 7.11. The number of primary amides is 1. The minimum atomic E-state index is -0.528. The van der Waals surface area contributed by atoms with Gasteiger partial charge >= 0.3 is 0 Å². The van der Waals surface area contributed by atoms with Gasteiger partial charge in [0.25, 0.3) is 5.91 Å². The molecule has 0 spiro atoms. The Kier molecular flexibility index (Phi) is 5.16. The summed E-state index contributed by atoms with van der Waals surface area (Å²) < 4.78 is 5.15. The van der Waals surface area contributed by atoms with Crippen molar-refractivity contribution in [2.45, 2.75) is 31.7 Å². The van der Waals surface area contributed by atoms with Crippen LogP contribution < -0.4 is 21.5 Å². The summed E-state index contributed by atoms with van der Waals surface area (Å²) in [6.45, 7) is -0.161. The quantitative estimate of drug-likeness (QED) is 0.726. The molecule has 6 heteroatoms. The second-order valence-electron chi connectivity index (χ2n) is 5.39. The van der Waals surface area contributed by atoms with Crippen molar-refractivity contribution in [3.05, 3.63) is 24.3 Å². The number of nitrogens with one attached hydrogen (secondary N) is 1. The van der Waals surface area contributed by atoms with Crippen LogP contribution in [0.1, 0.15) is 25.7 Å². The van der Waals surface area contributed by atoms with Crippen LogP contribution in [0.2, 0.25) is 0 Å². The molecule has 1 aromatic rings. The predicted molar refractivity (Wildman–Crippen MR) is 79.7 cm³/mol. The van der Waals surface area contributed by atoms with Gasteiger partial charge in [-0.3, -0.25) is 9.59 Å². The van der Waals surface area contributed by atoms with E-state index in [1.54, 1.807) is 24.3 Å². The highest BCUT2D eigenvalue weighted by molar-refractivity contribution is 5.91. The highest BCUT2D eigenvalue weighted by atomic mass is 16.5. The van der Waals surface area contributed by atoms with Crippen LogP contribution in [0.5, 0.6) is 5.75 Å². The summed E-state index contributed by atoms with van der Waals surface area (Å²) in [6, 6.07) is 6.95. The molecule has 0 radical (unpaired) electrons. The SMILES string of the molecule is NC(=O)COc1ccc(NC(=O)C[C@@H]2CCC[C@H]2N)cc1. The Bertz CT molecular complexity index is 501. The number of carbonyl (C=O) groups is 2. The summed E-state index contributed by atoms with van der Waals surface area (Å²) in [5.41, 5.74) is 11.7. The molecule has 0 unspecified atom stereocenters. The van der Waals surface area contributed by atoms with E-state index in [1.807, 2.05) is 0 Å². The van der Waals surface area contributed by atoms with Crippen molar-refractivity contribution < 1.29 is 14.3 Å². The lowest BCUT2D eigenvalue weighted by Gasteiger charge is -2.14. The Morgan fingerprint density at radius 3 is 2.52 bits per heavy atom. The molecule has 1 aliphatic rings. The normalized spacial score (nSPS) is 21.0. The molecule has 1 aliphatic carbocycles. The average Bonchev–Trinajstić information content (AvgIpc) is 2.83. The van der Waals surface area contributed by atoms with E-state index in [9.17, 15) is 9.59 Å². The van der Waals surface area contributed by atoms with Gasteiger partial charge < -0.3 is 21.5 Å². The van der Waals surface area contributed by atoms with Crippen LogP contribution in [0.15, 0.2) is 24.3 Å². The van der Waals surface area contributed by atoms with Gasteiger partial charge in [0.05, 0.1) is 0 Å². The summed E-state index contributed by atoms with van der Waals surface area (Å²) in [6.07, 6.45) is 3.59. The number of ether oxygens (including phenoxy) is 1. The van der Waals surface area contributed by atoms with E-state index >= 15 is 0 Å². The number of anilines is 1. The molecule has 6 nitrogen and oxygen atoms in total. The summed E-state index contributed by atoms with van der Waals surface area (Å²) in [5.74, 6) is 0.260. The molecule has 1 fully saturated rings. The van der Waals surface area contributed by atoms with Crippen molar-refractivity contribution in [2.75, 3.05) is 11.9 Å². The number of amides is 2. The zero-order chi connectivity index (χ0) is 15.2. The summed E-state index contributed by atoms with van der Waals surface area (Å²) in [4.78, 5) is 22.6. The maximum Gasteiger partial charge on any atom is 0.255 e. The standard InChI is InChI=1S/C15H21N3O3/c16-13-3-1-2-10(13)8-15(20)18-11-4-6-12(7-5-11)21-9-14(17)19/h4-7,10,13H,1-3,8-9,16H2,(H2,17,19)(H,18,20)/t10-,13+/m0/s1. The predicted octanol–water partition coefficient (Wildman–Crippen LogP) is 1.01. The molecule has 0 heterocycles. The van der Waals surface area contributed by atoms with Gasteiger partial charge in [-0.15, -0.1) is 0 Å². The molecule has 1 aromatic carbocycles. The van der Waals surface area contributed by atoms with Gasteiger partial charge in [0, 0.05) is 18.2 Å². The van der Waals surface area contributed by atoms with E-state index in [0.717, 1.165) is 19.3 Å². The van der Waals surface area contributed by atoms with E-state index < -0.39 is 5.91 Å². The first kappa shape index (κ1) is 15.3. The van der Waals surface area contributed by atoms with Gasteiger partial charge in [-0.05, 0) is 43.0 Å². The van der Waals surface area contributed by atoms with E-state index in [4.69, 9.17) is 16.2 Å². The third-order valence-electron chi connectivity index (χ3n) is 3.68. The van der Waals surface area contributed by atoms with E-state index in [0.29, 0.717) is 17.9 Å². The monoisotopic (exact) mass is 291 g/mol. The lowest BCUT2D eigenvalue weighted by Crippen LogP contribution is -2.28. The number of hydrogen-bond donors (Lipinski definition) is 3. The molecule has 0 saturated heterocycles. The molecule has 0 aromatic heterocycles. The maximum absolute atomic E-state index is 12.0. The first-order chi connectivity index (χ1) is 10.0. The summed E-state index contributed by atoms with van der Waals surface area (Å²) >= 11 is 0. The van der Waals surface area contributed by atoms with Crippen LogP contribution in [0, 0.1) is 5.92 Å². The van der Waals surface area contributed by atoms with E-state index in [-0.39, 0.29) is 24.5 Å². The second-order valence-corrected chi connectivity index (χ2v) is 5.39. The number of nitrogens with two attached hydrogens (primary N) is 2. The molecular weight excluding hydrogens is 270 g/mol. The lowest BCUT2D eigenvalue weighted by atomic mass is 10.00. The number of benzene rings is 1. The Labute approximate surface area is 123 Å². The van der Waals surface area contributed by atoms with Crippen molar-refractivity contribution in [1.82, 2.24) is 0 Å². The Morgan fingerprint density at radius 1 is 1.24 bits per heavy atom. The van der Waals surface area contributed by atoms with Crippen LogP contribution in [-0.2, 0) is 9.59 Å². The number of hydrogen-bond acceptors (Lipinski definition) is 4. The third-order valence-corrected chi connectivity index (χ3v) is 3.68. The van der Waals surface area contributed by atoms with Crippen molar-refractivity contribution in [3.8, 4) is 5.75 Å². The summed E-state index contributed by atoms with van der Waals surface area (Å²) in [5, 5.41) is 2.84. The highest BCUT2D eigenvalue weighted by Crippen LogP contribution is 2.27. The molecule has 1 saturated carbocycles. The van der Waals surface area contributed by atoms with Crippen molar-refractivity contribution in [3.63, 3.8) is 0 Å². The van der Waals surface area contributed by atoms with Crippen LogP contribution in [0.4, 0.5) is 5.69 Å². The number of rotatable bonds is 6. The number of carbonyl (C=O) groups excluding carboxylic acids is 2. The second kappa shape index (κ2) is 7.08. The molecule has 2 atom stereocenters. The molecular formula is C15H21N3O3. The molecule has 2 rings (SSSR count). The van der Waals surface area contributed by atoms with Crippen LogP contribution >= 0.6 is 0 Å². The molecule has 2 amide bonds. The molecule has 5 N–H and O–H groups in total. The Balaban J connectivity index is 1.82. The van der Waals surface area contributed by atoms with Crippen LogP contribution in [0.3, 0.4) is 0 Å². The minimum Gasteiger partial charge on any atom is -0.484 e. The zero-order valence-electron chi connectivity index (χ0n) is 11.9. The van der Waals surface area contributed by atoms with Crippen LogP contribution in [-0.4, -0.2) is 24.5 Å². The van der Waals surface area contributed by atoms with Gasteiger partial charge in [0.1, 0.15) is 5.75 Å². The largest absolute Gasteiger partial charge is 0.484 e. The topological polar surface area (TPSA) is 107 Å². The average molecular weight is 291 g/mol.